The maximum Gasteiger partial charge on any atom is 0.0623 e. The van der Waals surface area contributed by atoms with E-state index in [9.17, 15) is 0 Å². The number of nitrogens with one attached hydrogen (secondary N) is 1. The fraction of sp³-hybridized carbons (Fsp3) is 1.00. The standard InChI is InChI=1S/C15H30N2O/c1-3-9-16-15-12-18-11-13(15)10-17(2)14-7-5-4-6-8-14/h13-16H,3-12H2,1-2H3. The zero-order valence-corrected chi connectivity index (χ0v) is 12.2. The summed E-state index contributed by atoms with van der Waals surface area (Å²) in [7, 11) is 2.31. The molecule has 1 aliphatic heterocycles. The Labute approximate surface area is 112 Å². The molecule has 2 atom stereocenters. The van der Waals surface area contributed by atoms with Crippen LogP contribution in [0.1, 0.15) is 45.4 Å². The summed E-state index contributed by atoms with van der Waals surface area (Å²) in [5, 5.41) is 3.64. The third-order valence-electron chi connectivity index (χ3n) is 4.58. The monoisotopic (exact) mass is 254 g/mol. The maximum atomic E-state index is 5.67. The van der Waals surface area contributed by atoms with Gasteiger partial charge in [-0.1, -0.05) is 26.2 Å². The molecule has 0 aromatic heterocycles. The smallest absolute Gasteiger partial charge is 0.0623 e. The Morgan fingerprint density at radius 3 is 2.67 bits per heavy atom. The van der Waals surface area contributed by atoms with Crippen molar-refractivity contribution in [3.8, 4) is 0 Å². The van der Waals surface area contributed by atoms with Gasteiger partial charge in [-0.3, -0.25) is 0 Å². The lowest BCUT2D eigenvalue weighted by Gasteiger charge is -2.34. The fourth-order valence-electron chi connectivity index (χ4n) is 3.37. The minimum absolute atomic E-state index is 0.580. The summed E-state index contributed by atoms with van der Waals surface area (Å²) in [5.74, 6) is 0.684. The molecule has 2 rings (SSSR count). The average Bonchev–Trinajstić information content (AvgIpc) is 2.84. The van der Waals surface area contributed by atoms with Crippen molar-refractivity contribution in [2.24, 2.45) is 5.92 Å². The highest BCUT2D eigenvalue weighted by Crippen LogP contribution is 2.24. The molecule has 106 valence electrons. The van der Waals surface area contributed by atoms with Crippen LogP contribution in [0.2, 0.25) is 0 Å². The molecule has 3 nitrogen and oxygen atoms in total. The largest absolute Gasteiger partial charge is 0.379 e. The number of hydrogen-bond acceptors (Lipinski definition) is 3. The van der Waals surface area contributed by atoms with Gasteiger partial charge in [0.1, 0.15) is 0 Å². The van der Waals surface area contributed by atoms with E-state index in [0.29, 0.717) is 12.0 Å². The summed E-state index contributed by atoms with van der Waals surface area (Å²) in [5.41, 5.74) is 0. The first kappa shape index (κ1) is 14.3. The molecule has 1 heterocycles. The van der Waals surface area contributed by atoms with E-state index in [4.69, 9.17) is 4.74 Å². The Morgan fingerprint density at radius 2 is 1.94 bits per heavy atom. The van der Waals surface area contributed by atoms with Gasteiger partial charge in [0.15, 0.2) is 0 Å². The molecule has 1 N–H and O–H groups in total. The zero-order valence-electron chi connectivity index (χ0n) is 12.2. The van der Waals surface area contributed by atoms with E-state index in [1.54, 1.807) is 0 Å². The van der Waals surface area contributed by atoms with Gasteiger partial charge in [-0.15, -0.1) is 0 Å². The first-order valence-electron chi connectivity index (χ1n) is 7.82. The van der Waals surface area contributed by atoms with Crippen molar-refractivity contribution >= 4 is 0 Å². The summed E-state index contributed by atoms with van der Waals surface area (Å²) >= 11 is 0. The minimum Gasteiger partial charge on any atom is -0.379 e. The van der Waals surface area contributed by atoms with Crippen LogP contribution in [0.25, 0.3) is 0 Å². The highest BCUT2D eigenvalue weighted by atomic mass is 16.5. The Bertz CT molecular complexity index is 229. The normalized spacial score (nSPS) is 30.2. The van der Waals surface area contributed by atoms with Crippen LogP contribution in [0.4, 0.5) is 0 Å². The SMILES string of the molecule is CCCNC1COCC1CN(C)C1CCCCC1. The van der Waals surface area contributed by atoms with Gasteiger partial charge >= 0.3 is 0 Å². The lowest BCUT2D eigenvalue weighted by molar-refractivity contribution is 0.143. The first-order chi connectivity index (χ1) is 8.81. The average molecular weight is 254 g/mol. The highest BCUT2D eigenvalue weighted by molar-refractivity contribution is 4.85. The van der Waals surface area contributed by atoms with Crippen LogP contribution in [-0.2, 0) is 4.74 Å². The maximum absolute atomic E-state index is 5.67. The Balaban J connectivity index is 1.76. The molecule has 1 saturated carbocycles. The highest BCUT2D eigenvalue weighted by Gasteiger charge is 2.30. The lowest BCUT2D eigenvalue weighted by Crippen LogP contribution is -2.44. The molecule has 1 aliphatic carbocycles. The molecule has 0 aromatic carbocycles. The molecule has 0 radical (unpaired) electrons. The number of ether oxygens (including phenoxy) is 1. The van der Waals surface area contributed by atoms with E-state index in [0.717, 1.165) is 25.8 Å². The lowest BCUT2D eigenvalue weighted by atomic mass is 9.93. The molecule has 1 saturated heterocycles. The molecular formula is C15H30N2O. The number of rotatable bonds is 6. The zero-order chi connectivity index (χ0) is 12.8. The van der Waals surface area contributed by atoms with Gasteiger partial charge in [0.2, 0.25) is 0 Å². The van der Waals surface area contributed by atoms with Gasteiger partial charge in [0.25, 0.3) is 0 Å². The van der Waals surface area contributed by atoms with Crippen LogP contribution in [-0.4, -0.2) is 50.3 Å². The van der Waals surface area contributed by atoms with Crippen molar-refractivity contribution in [2.45, 2.75) is 57.5 Å². The van der Waals surface area contributed by atoms with Crippen molar-refractivity contribution < 1.29 is 4.74 Å². The summed E-state index contributed by atoms with van der Waals surface area (Å²) in [6.45, 7) is 6.40. The predicted molar refractivity (Wildman–Crippen MR) is 75.9 cm³/mol. The van der Waals surface area contributed by atoms with Crippen molar-refractivity contribution in [3.05, 3.63) is 0 Å². The first-order valence-corrected chi connectivity index (χ1v) is 7.82. The Kier molecular flexibility index (Phi) is 5.93. The van der Waals surface area contributed by atoms with Crippen molar-refractivity contribution in [3.63, 3.8) is 0 Å². The molecule has 2 aliphatic rings. The topological polar surface area (TPSA) is 24.5 Å². The summed E-state index contributed by atoms with van der Waals surface area (Å²) in [6.07, 6.45) is 8.30. The summed E-state index contributed by atoms with van der Waals surface area (Å²) in [6, 6.07) is 1.40. The quantitative estimate of drug-likeness (QED) is 0.787. The molecular weight excluding hydrogens is 224 g/mol. The Morgan fingerprint density at radius 1 is 1.17 bits per heavy atom. The molecule has 0 aromatic rings. The molecule has 2 unspecified atom stereocenters. The molecule has 0 spiro atoms. The number of hydrogen-bond donors (Lipinski definition) is 1. The van der Waals surface area contributed by atoms with E-state index in [2.05, 4.69) is 24.2 Å². The Hall–Kier alpha value is -0.120. The third kappa shape index (κ3) is 3.94. The van der Waals surface area contributed by atoms with E-state index in [1.807, 2.05) is 0 Å². The van der Waals surface area contributed by atoms with Gasteiger partial charge in [0.05, 0.1) is 13.2 Å². The number of nitrogens with zero attached hydrogens (tertiary/aromatic N) is 1. The van der Waals surface area contributed by atoms with E-state index >= 15 is 0 Å². The van der Waals surface area contributed by atoms with Gasteiger partial charge in [-0.2, -0.15) is 0 Å². The molecule has 3 heteroatoms. The van der Waals surface area contributed by atoms with E-state index in [-0.39, 0.29) is 0 Å². The van der Waals surface area contributed by atoms with Gasteiger partial charge in [-0.05, 0) is 32.9 Å². The van der Waals surface area contributed by atoms with E-state index < -0.39 is 0 Å². The van der Waals surface area contributed by atoms with Gasteiger partial charge in [0, 0.05) is 24.5 Å². The van der Waals surface area contributed by atoms with Crippen LogP contribution >= 0.6 is 0 Å². The van der Waals surface area contributed by atoms with Crippen LogP contribution in [0.5, 0.6) is 0 Å². The van der Waals surface area contributed by atoms with Gasteiger partial charge < -0.3 is 15.0 Å². The second-order valence-electron chi connectivity index (χ2n) is 6.09. The van der Waals surface area contributed by atoms with Crippen LogP contribution in [0.15, 0.2) is 0 Å². The van der Waals surface area contributed by atoms with Crippen LogP contribution < -0.4 is 5.32 Å². The minimum atomic E-state index is 0.580. The van der Waals surface area contributed by atoms with Crippen molar-refractivity contribution in [1.29, 1.82) is 0 Å². The molecule has 0 amide bonds. The molecule has 0 bridgehead atoms. The van der Waals surface area contributed by atoms with Gasteiger partial charge in [-0.25, -0.2) is 0 Å². The van der Waals surface area contributed by atoms with E-state index in [1.165, 1.54) is 45.1 Å². The van der Waals surface area contributed by atoms with Crippen molar-refractivity contribution in [2.75, 3.05) is 33.4 Å². The third-order valence-corrected chi connectivity index (χ3v) is 4.58. The summed E-state index contributed by atoms with van der Waals surface area (Å²) < 4.78 is 5.67. The van der Waals surface area contributed by atoms with Crippen LogP contribution in [0, 0.1) is 5.92 Å². The molecule has 18 heavy (non-hydrogen) atoms. The second kappa shape index (κ2) is 7.46. The predicted octanol–water partition coefficient (Wildman–Crippen LogP) is 2.27. The van der Waals surface area contributed by atoms with Crippen LogP contribution in [0.3, 0.4) is 0 Å². The van der Waals surface area contributed by atoms with Crippen molar-refractivity contribution in [1.82, 2.24) is 10.2 Å². The fourth-order valence-corrected chi connectivity index (χ4v) is 3.37. The molecule has 2 fully saturated rings. The summed E-state index contributed by atoms with van der Waals surface area (Å²) in [4.78, 5) is 2.60. The second-order valence-corrected chi connectivity index (χ2v) is 6.09.